The molecule has 32 heavy (non-hydrogen) atoms. The summed E-state index contributed by atoms with van der Waals surface area (Å²) in [6, 6.07) is 9.45. The number of H-pyrrole nitrogens is 1. The van der Waals surface area contributed by atoms with Crippen LogP contribution in [0.3, 0.4) is 0 Å². The van der Waals surface area contributed by atoms with Crippen molar-refractivity contribution >= 4 is 28.3 Å². The maximum Gasteiger partial charge on any atom is 0.273 e. The van der Waals surface area contributed by atoms with Crippen LogP contribution in [0.25, 0.3) is 10.8 Å². The number of rotatable bonds is 7. The summed E-state index contributed by atoms with van der Waals surface area (Å²) in [6.07, 6.45) is -0.113. The van der Waals surface area contributed by atoms with Gasteiger partial charge in [0.15, 0.2) is 11.5 Å². The number of fused-ring (bicyclic) bond motifs is 1. The number of aromatic amines is 1. The van der Waals surface area contributed by atoms with Gasteiger partial charge in [-0.05, 0) is 18.2 Å². The Bertz CT molecular complexity index is 1290. The van der Waals surface area contributed by atoms with Gasteiger partial charge in [-0.25, -0.2) is 4.68 Å². The van der Waals surface area contributed by atoms with Crippen LogP contribution in [0.5, 0.6) is 11.5 Å². The average Bonchev–Trinajstić information content (AvgIpc) is 2.79. The summed E-state index contributed by atoms with van der Waals surface area (Å²) in [5.74, 6) is -0.105. The summed E-state index contributed by atoms with van der Waals surface area (Å²) in [5, 5.41) is 5.73. The quantitative estimate of drug-likeness (QED) is 0.573. The van der Waals surface area contributed by atoms with E-state index in [0.717, 1.165) is 4.68 Å². The molecule has 0 unspecified atom stereocenters. The Labute approximate surface area is 183 Å². The van der Waals surface area contributed by atoms with Gasteiger partial charge in [0.1, 0.15) is 0 Å². The molecule has 0 bridgehead atoms. The molecular weight excluding hydrogens is 416 g/mol. The zero-order valence-electron chi connectivity index (χ0n) is 18.2. The van der Waals surface area contributed by atoms with Gasteiger partial charge in [0, 0.05) is 26.6 Å². The number of amides is 2. The largest absolute Gasteiger partial charge is 0.493 e. The van der Waals surface area contributed by atoms with Crippen LogP contribution >= 0.6 is 0 Å². The van der Waals surface area contributed by atoms with Crippen LogP contribution < -0.4 is 25.9 Å². The number of anilines is 1. The first-order valence-corrected chi connectivity index (χ1v) is 9.76. The van der Waals surface area contributed by atoms with E-state index in [9.17, 15) is 19.2 Å². The number of methoxy groups -OCH3 is 2. The lowest BCUT2D eigenvalue weighted by molar-refractivity contribution is -0.116. The summed E-state index contributed by atoms with van der Waals surface area (Å²) in [6.45, 7) is -0.0466. The van der Waals surface area contributed by atoms with Gasteiger partial charge in [-0.3, -0.25) is 24.3 Å². The molecule has 0 spiro atoms. The molecule has 10 heteroatoms. The van der Waals surface area contributed by atoms with E-state index in [4.69, 9.17) is 9.47 Å². The second-order valence-electron chi connectivity index (χ2n) is 7.19. The number of ether oxygens (including phenoxy) is 2. The van der Waals surface area contributed by atoms with Crippen molar-refractivity contribution in [2.75, 3.05) is 33.6 Å². The first-order chi connectivity index (χ1) is 15.3. The molecule has 1 heterocycles. The standard InChI is InChI=1S/C22H24N4O6/c1-25(2)21(29)15-11-17(31-3)18(32-4)12-16(15)23-19(27)9-10-26-22(30)14-8-6-5-7-13(14)20(28)24-26/h5-8,11-12H,9-10H2,1-4H3,(H,23,27)(H,24,28). The van der Waals surface area contributed by atoms with Crippen LogP contribution in [0, 0.1) is 0 Å². The van der Waals surface area contributed by atoms with Gasteiger partial charge in [-0.2, -0.15) is 0 Å². The van der Waals surface area contributed by atoms with E-state index in [0.29, 0.717) is 11.5 Å². The minimum Gasteiger partial charge on any atom is -0.493 e. The monoisotopic (exact) mass is 440 g/mol. The zero-order chi connectivity index (χ0) is 23.4. The Morgan fingerprint density at radius 2 is 1.66 bits per heavy atom. The zero-order valence-corrected chi connectivity index (χ0v) is 18.2. The van der Waals surface area contributed by atoms with Crippen LogP contribution in [0.4, 0.5) is 5.69 Å². The molecule has 0 saturated carbocycles. The van der Waals surface area contributed by atoms with Crippen molar-refractivity contribution in [3.05, 3.63) is 62.7 Å². The summed E-state index contributed by atoms with van der Waals surface area (Å²) < 4.78 is 11.6. The van der Waals surface area contributed by atoms with Crippen molar-refractivity contribution in [3.63, 3.8) is 0 Å². The van der Waals surface area contributed by atoms with E-state index in [2.05, 4.69) is 10.4 Å². The highest BCUT2D eigenvalue weighted by Gasteiger charge is 2.20. The smallest absolute Gasteiger partial charge is 0.273 e. The summed E-state index contributed by atoms with van der Waals surface area (Å²) in [5.41, 5.74) is -0.357. The molecule has 2 aromatic carbocycles. The lowest BCUT2D eigenvalue weighted by Gasteiger charge is -2.18. The van der Waals surface area contributed by atoms with E-state index < -0.39 is 17.0 Å². The highest BCUT2D eigenvalue weighted by atomic mass is 16.5. The van der Waals surface area contributed by atoms with Crippen molar-refractivity contribution in [1.82, 2.24) is 14.7 Å². The molecule has 10 nitrogen and oxygen atoms in total. The third-order valence-electron chi connectivity index (χ3n) is 4.88. The van der Waals surface area contributed by atoms with E-state index in [1.165, 1.54) is 31.3 Å². The van der Waals surface area contributed by atoms with Crippen LogP contribution in [0.2, 0.25) is 0 Å². The molecular formula is C22H24N4O6. The molecule has 2 amide bonds. The summed E-state index contributed by atoms with van der Waals surface area (Å²) in [7, 11) is 6.07. The number of hydrogen-bond acceptors (Lipinski definition) is 6. The highest BCUT2D eigenvalue weighted by molar-refractivity contribution is 6.04. The van der Waals surface area contributed by atoms with Crippen molar-refractivity contribution in [2.45, 2.75) is 13.0 Å². The number of nitrogens with zero attached hydrogens (tertiary/aromatic N) is 2. The van der Waals surface area contributed by atoms with Crippen molar-refractivity contribution < 1.29 is 19.1 Å². The second kappa shape index (κ2) is 9.38. The third-order valence-corrected chi connectivity index (χ3v) is 4.88. The molecule has 0 radical (unpaired) electrons. The maximum atomic E-state index is 12.6. The number of aromatic nitrogens is 2. The first kappa shape index (κ1) is 22.6. The fourth-order valence-electron chi connectivity index (χ4n) is 3.23. The minimum absolute atomic E-state index is 0.0466. The van der Waals surface area contributed by atoms with Gasteiger partial charge in [-0.1, -0.05) is 12.1 Å². The minimum atomic E-state index is -0.453. The maximum absolute atomic E-state index is 12.6. The van der Waals surface area contributed by atoms with Gasteiger partial charge >= 0.3 is 0 Å². The van der Waals surface area contributed by atoms with Gasteiger partial charge < -0.3 is 19.7 Å². The third kappa shape index (κ3) is 4.48. The molecule has 0 atom stereocenters. The number of aryl methyl sites for hydroxylation is 1. The first-order valence-electron chi connectivity index (χ1n) is 9.76. The topological polar surface area (TPSA) is 123 Å². The lowest BCUT2D eigenvalue weighted by Crippen LogP contribution is -2.31. The molecule has 2 N–H and O–H groups in total. The Morgan fingerprint density at radius 1 is 1.03 bits per heavy atom. The summed E-state index contributed by atoms with van der Waals surface area (Å²) >= 11 is 0. The van der Waals surface area contributed by atoms with E-state index in [1.807, 2.05) is 0 Å². The van der Waals surface area contributed by atoms with Crippen LogP contribution in [-0.4, -0.2) is 54.8 Å². The average molecular weight is 440 g/mol. The normalized spacial score (nSPS) is 10.6. The number of nitrogens with one attached hydrogen (secondary N) is 2. The van der Waals surface area contributed by atoms with Crippen molar-refractivity contribution in [1.29, 1.82) is 0 Å². The van der Waals surface area contributed by atoms with Crippen LogP contribution in [-0.2, 0) is 11.3 Å². The van der Waals surface area contributed by atoms with Crippen LogP contribution in [0.15, 0.2) is 46.0 Å². The predicted octanol–water partition coefficient (Wildman–Crippen LogP) is 1.44. The molecule has 1 aromatic heterocycles. The molecule has 0 saturated heterocycles. The van der Waals surface area contributed by atoms with Crippen molar-refractivity contribution in [3.8, 4) is 11.5 Å². The van der Waals surface area contributed by atoms with E-state index >= 15 is 0 Å². The Hall–Kier alpha value is -4.08. The number of carbonyl (C=O) groups is 2. The lowest BCUT2D eigenvalue weighted by atomic mass is 10.1. The van der Waals surface area contributed by atoms with Gasteiger partial charge in [0.25, 0.3) is 17.0 Å². The van der Waals surface area contributed by atoms with Gasteiger partial charge in [0.2, 0.25) is 5.91 Å². The molecule has 0 fully saturated rings. The fraction of sp³-hybridized carbons (Fsp3) is 0.273. The molecule has 0 aliphatic heterocycles. The summed E-state index contributed by atoms with van der Waals surface area (Å²) in [4.78, 5) is 51.4. The molecule has 3 rings (SSSR count). The number of carbonyl (C=O) groups excluding carboxylic acids is 2. The Kier molecular flexibility index (Phi) is 6.62. The SMILES string of the molecule is COc1cc(NC(=O)CCn2[nH]c(=O)c3ccccc3c2=O)c(C(=O)N(C)C)cc1OC. The second-order valence-corrected chi connectivity index (χ2v) is 7.19. The number of hydrogen-bond donors (Lipinski definition) is 2. The predicted molar refractivity (Wildman–Crippen MR) is 120 cm³/mol. The van der Waals surface area contributed by atoms with Crippen LogP contribution in [0.1, 0.15) is 16.8 Å². The van der Waals surface area contributed by atoms with E-state index in [1.54, 1.807) is 38.4 Å². The van der Waals surface area contributed by atoms with E-state index in [-0.39, 0.29) is 40.9 Å². The van der Waals surface area contributed by atoms with Crippen molar-refractivity contribution in [2.24, 2.45) is 0 Å². The highest BCUT2D eigenvalue weighted by Crippen LogP contribution is 2.34. The van der Waals surface area contributed by atoms with Gasteiger partial charge in [0.05, 0.1) is 42.8 Å². The molecule has 0 aliphatic rings. The molecule has 3 aromatic rings. The Balaban J connectivity index is 1.86. The number of benzene rings is 2. The fourth-order valence-corrected chi connectivity index (χ4v) is 3.23. The Morgan fingerprint density at radius 3 is 2.28 bits per heavy atom. The molecule has 0 aliphatic carbocycles. The molecule has 168 valence electrons. The van der Waals surface area contributed by atoms with Gasteiger partial charge in [-0.15, -0.1) is 0 Å².